The lowest BCUT2D eigenvalue weighted by Crippen LogP contribution is -2.19. The Morgan fingerprint density at radius 2 is 1.75 bits per heavy atom. The Morgan fingerprint density at radius 1 is 1.15 bits per heavy atom. The van der Waals surface area contributed by atoms with Gasteiger partial charge in [-0.1, -0.05) is 32.9 Å². The van der Waals surface area contributed by atoms with Crippen molar-refractivity contribution in [3.8, 4) is 0 Å². The molecular formula is C18H27ClO. The Balaban J connectivity index is 2.42. The number of alkyl halides is 1. The molecule has 1 saturated heterocycles. The van der Waals surface area contributed by atoms with Crippen molar-refractivity contribution in [3.63, 3.8) is 0 Å². The molecule has 1 heterocycles. The molecule has 1 aromatic carbocycles. The summed E-state index contributed by atoms with van der Waals surface area (Å²) in [6.07, 6.45) is 4.56. The molecule has 1 nitrogen and oxygen atoms in total. The van der Waals surface area contributed by atoms with E-state index in [1.807, 2.05) is 0 Å². The third kappa shape index (κ3) is 3.04. The molecule has 3 atom stereocenters. The second-order valence-electron chi connectivity index (χ2n) is 5.82. The summed E-state index contributed by atoms with van der Waals surface area (Å²) in [6.45, 7) is 9.69. The largest absolute Gasteiger partial charge is 0.378 e. The third-order valence-electron chi connectivity index (χ3n) is 4.67. The van der Waals surface area contributed by atoms with Crippen LogP contribution >= 0.6 is 11.6 Å². The van der Waals surface area contributed by atoms with E-state index in [-0.39, 0.29) is 11.5 Å². The summed E-state index contributed by atoms with van der Waals surface area (Å²) in [4.78, 5) is 0. The molecule has 112 valence electrons. The van der Waals surface area contributed by atoms with Gasteiger partial charge in [-0.15, -0.1) is 11.6 Å². The van der Waals surface area contributed by atoms with Gasteiger partial charge in [-0.25, -0.2) is 0 Å². The molecule has 0 amide bonds. The zero-order valence-corrected chi connectivity index (χ0v) is 14.0. The molecule has 0 spiro atoms. The van der Waals surface area contributed by atoms with Gasteiger partial charge in [0.2, 0.25) is 0 Å². The van der Waals surface area contributed by atoms with Gasteiger partial charge in [0.15, 0.2) is 0 Å². The minimum Gasteiger partial charge on any atom is -0.378 e. The van der Waals surface area contributed by atoms with E-state index >= 15 is 0 Å². The van der Waals surface area contributed by atoms with Crippen molar-refractivity contribution in [1.29, 1.82) is 0 Å². The summed E-state index contributed by atoms with van der Waals surface area (Å²) in [5.41, 5.74) is 5.68. The summed E-state index contributed by atoms with van der Waals surface area (Å²) in [5, 5.41) is 0.0864. The van der Waals surface area contributed by atoms with E-state index in [1.165, 1.54) is 22.3 Å². The molecule has 1 aromatic rings. The molecule has 0 aliphatic carbocycles. The number of benzene rings is 1. The summed E-state index contributed by atoms with van der Waals surface area (Å²) in [6, 6.07) is 4.70. The van der Waals surface area contributed by atoms with Crippen molar-refractivity contribution in [2.45, 2.75) is 64.9 Å². The maximum Gasteiger partial charge on any atom is 0.0644 e. The van der Waals surface area contributed by atoms with Crippen LogP contribution in [0, 0.1) is 5.92 Å². The quantitative estimate of drug-likeness (QED) is 0.688. The van der Waals surface area contributed by atoms with Crippen LogP contribution in [0.5, 0.6) is 0 Å². The number of halogens is 1. The van der Waals surface area contributed by atoms with E-state index in [2.05, 4.69) is 39.8 Å². The highest BCUT2D eigenvalue weighted by atomic mass is 35.5. The van der Waals surface area contributed by atoms with E-state index in [0.717, 1.165) is 32.3 Å². The number of ether oxygens (including phenoxy) is 1. The standard InChI is InChI=1S/C18H27ClO/c1-5-13-10-14(6-2)17(15(7-3)11-13)18(19)16-8-9-20-12(16)4/h10-12,16,18H,5-9H2,1-4H3. The highest BCUT2D eigenvalue weighted by molar-refractivity contribution is 6.21. The molecule has 1 aliphatic rings. The van der Waals surface area contributed by atoms with Gasteiger partial charge in [0, 0.05) is 12.5 Å². The maximum absolute atomic E-state index is 6.89. The minimum atomic E-state index is 0.0864. The topological polar surface area (TPSA) is 9.23 Å². The second kappa shape index (κ2) is 6.95. The fraction of sp³-hybridized carbons (Fsp3) is 0.667. The molecule has 1 fully saturated rings. The maximum atomic E-state index is 6.89. The van der Waals surface area contributed by atoms with Crippen molar-refractivity contribution in [1.82, 2.24) is 0 Å². The van der Waals surface area contributed by atoms with Gasteiger partial charge in [-0.2, -0.15) is 0 Å². The highest BCUT2D eigenvalue weighted by Gasteiger charge is 2.33. The molecule has 0 saturated carbocycles. The molecule has 0 bridgehead atoms. The second-order valence-corrected chi connectivity index (χ2v) is 6.29. The monoisotopic (exact) mass is 294 g/mol. The number of hydrogen-bond acceptors (Lipinski definition) is 1. The zero-order chi connectivity index (χ0) is 14.7. The first-order valence-corrected chi connectivity index (χ1v) is 8.46. The van der Waals surface area contributed by atoms with Crippen molar-refractivity contribution < 1.29 is 4.74 Å². The lowest BCUT2D eigenvalue weighted by atomic mass is 9.85. The first-order chi connectivity index (χ1) is 9.62. The molecule has 0 aromatic heterocycles. The van der Waals surface area contributed by atoms with E-state index < -0.39 is 0 Å². The van der Waals surface area contributed by atoms with Crippen LogP contribution < -0.4 is 0 Å². The van der Waals surface area contributed by atoms with Crippen LogP contribution in [0.25, 0.3) is 0 Å². The average Bonchev–Trinajstić information content (AvgIpc) is 2.91. The first kappa shape index (κ1) is 15.9. The van der Waals surface area contributed by atoms with Gasteiger partial charge in [0.1, 0.15) is 0 Å². The first-order valence-electron chi connectivity index (χ1n) is 8.02. The molecule has 2 rings (SSSR count). The van der Waals surface area contributed by atoms with Crippen molar-refractivity contribution in [2.24, 2.45) is 5.92 Å². The lowest BCUT2D eigenvalue weighted by Gasteiger charge is -2.26. The Labute approximate surface area is 128 Å². The van der Waals surface area contributed by atoms with Crippen LogP contribution in [0.1, 0.15) is 61.7 Å². The van der Waals surface area contributed by atoms with E-state index in [1.54, 1.807) is 0 Å². The Morgan fingerprint density at radius 3 is 2.15 bits per heavy atom. The summed E-state index contributed by atoms with van der Waals surface area (Å²) in [7, 11) is 0. The highest BCUT2D eigenvalue weighted by Crippen LogP contribution is 2.41. The lowest BCUT2D eigenvalue weighted by molar-refractivity contribution is 0.105. The predicted octanol–water partition coefficient (Wildman–Crippen LogP) is 5.08. The fourth-order valence-corrected chi connectivity index (χ4v) is 3.95. The zero-order valence-electron chi connectivity index (χ0n) is 13.2. The number of aryl methyl sites for hydroxylation is 3. The molecule has 3 unspecified atom stereocenters. The van der Waals surface area contributed by atoms with Crippen LogP contribution in [0.2, 0.25) is 0 Å². The summed E-state index contributed by atoms with van der Waals surface area (Å²) in [5.74, 6) is 0.444. The van der Waals surface area contributed by atoms with Crippen molar-refractivity contribution >= 4 is 11.6 Å². The smallest absolute Gasteiger partial charge is 0.0644 e. The Hall–Kier alpha value is -0.530. The molecule has 1 aliphatic heterocycles. The van der Waals surface area contributed by atoms with E-state index in [9.17, 15) is 0 Å². The van der Waals surface area contributed by atoms with Crippen molar-refractivity contribution in [2.75, 3.05) is 6.61 Å². The van der Waals surface area contributed by atoms with Crippen LogP contribution in [0.4, 0.5) is 0 Å². The van der Waals surface area contributed by atoms with Gasteiger partial charge in [0.25, 0.3) is 0 Å². The molecule has 0 radical (unpaired) electrons. The van der Waals surface area contributed by atoms with Crippen LogP contribution in [-0.4, -0.2) is 12.7 Å². The number of rotatable bonds is 5. The van der Waals surface area contributed by atoms with Crippen LogP contribution in [-0.2, 0) is 24.0 Å². The van der Waals surface area contributed by atoms with Crippen LogP contribution in [0.3, 0.4) is 0 Å². The van der Waals surface area contributed by atoms with E-state index in [4.69, 9.17) is 16.3 Å². The predicted molar refractivity (Wildman–Crippen MR) is 86.7 cm³/mol. The summed E-state index contributed by atoms with van der Waals surface area (Å²) >= 11 is 6.89. The fourth-order valence-electron chi connectivity index (χ4n) is 3.34. The molecule has 0 N–H and O–H groups in total. The Kier molecular flexibility index (Phi) is 5.51. The van der Waals surface area contributed by atoms with Crippen LogP contribution in [0.15, 0.2) is 12.1 Å². The normalized spacial score (nSPS) is 24.1. The van der Waals surface area contributed by atoms with Gasteiger partial charge in [0.05, 0.1) is 11.5 Å². The van der Waals surface area contributed by atoms with Crippen molar-refractivity contribution in [3.05, 3.63) is 34.4 Å². The van der Waals surface area contributed by atoms with Gasteiger partial charge in [-0.3, -0.25) is 0 Å². The molecular weight excluding hydrogens is 268 g/mol. The summed E-state index contributed by atoms with van der Waals surface area (Å²) < 4.78 is 5.72. The molecule has 20 heavy (non-hydrogen) atoms. The van der Waals surface area contributed by atoms with Gasteiger partial charge < -0.3 is 4.74 Å². The molecule has 2 heteroatoms. The SMILES string of the molecule is CCc1cc(CC)c(C(Cl)C2CCOC2C)c(CC)c1. The number of hydrogen-bond donors (Lipinski definition) is 0. The van der Waals surface area contributed by atoms with E-state index in [0.29, 0.717) is 5.92 Å². The van der Waals surface area contributed by atoms with Gasteiger partial charge >= 0.3 is 0 Å². The third-order valence-corrected chi connectivity index (χ3v) is 5.21. The minimum absolute atomic E-state index is 0.0864. The van der Waals surface area contributed by atoms with Gasteiger partial charge in [-0.05, 0) is 54.9 Å². The average molecular weight is 295 g/mol. The Bertz CT molecular complexity index is 430.